The van der Waals surface area contributed by atoms with Gasteiger partial charge in [0.25, 0.3) is 5.60 Å². The molecular weight excluding hydrogens is 568 g/mol. The van der Waals surface area contributed by atoms with Crippen LogP contribution in [0.5, 0.6) is 5.75 Å². The summed E-state index contributed by atoms with van der Waals surface area (Å²) in [6, 6.07) is 8.70. The van der Waals surface area contributed by atoms with Crippen LogP contribution in [0.3, 0.4) is 0 Å². The molecule has 0 amide bonds. The number of halogens is 2. The summed E-state index contributed by atoms with van der Waals surface area (Å²) in [5.41, 5.74) is 1.58. The van der Waals surface area contributed by atoms with Crippen molar-refractivity contribution in [1.82, 2.24) is 14.8 Å². The first-order chi connectivity index (χ1) is 14.4. The maximum Gasteiger partial charge on any atom is 0.368 e. The molecule has 1 aromatic carbocycles. The number of hydrogen-bond donors (Lipinski definition) is 0. The van der Waals surface area contributed by atoms with Crippen molar-refractivity contribution in [2.45, 2.75) is 24.2 Å². The first-order valence-electron chi connectivity index (χ1n) is 8.92. The molecule has 31 heavy (non-hydrogen) atoms. The van der Waals surface area contributed by atoms with E-state index in [2.05, 4.69) is 28.6 Å². The number of nitrogens with zero attached hydrogens (tertiary/aromatic N) is 3. The van der Waals surface area contributed by atoms with Crippen molar-refractivity contribution in [1.29, 1.82) is 0 Å². The molecule has 0 aliphatic carbocycles. The lowest BCUT2D eigenvalue weighted by Crippen LogP contribution is -2.16. The van der Waals surface area contributed by atoms with Gasteiger partial charge in [0.15, 0.2) is 28.7 Å². The molecule has 3 rings (SSSR count). The minimum atomic E-state index is -1.93. The molecule has 0 aliphatic heterocycles. The predicted octanol–water partition coefficient (Wildman–Crippen LogP) is 4.68. The Morgan fingerprint density at radius 1 is 1.19 bits per heavy atom. The molecule has 6 nitrogen and oxygen atoms in total. The van der Waals surface area contributed by atoms with Gasteiger partial charge in [0.1, 0.15) is 5.75 Å². The fourth-order valence-corrected chi connectivity index (χ4v) is 3.57. The number of carbonyl (C=O) groups is 1. The number of aromatic nitrogens is 3. The predicted molar refractivity (Wildman–Crippen MR) is 138 cm³/mol. The molecule has 2 heterocycles. The maximum atomic E-state index is 14.0. The van der Waals surface area contributed by atoms with Gasteiger partial charge in [-0.3, -0.25) is 4.98 Å². The van der Waals surface area contributed by atoms with E-state index in [1.807, 2.05) is 28.3 Å². The van der Waals surface area contributed by atoms with Crippen LogP contribution in [0, 0.1) is 6.92 Å². The first-order valence-corrected chi connectivity index (χ1v) is 11.5. The van der Waals surface area contributed by atoms with Crippen molar-refractivity contribution in [3.8, 4) is 22.7 Å². The summed E-state index contributed by atoms with van der Waals surface area (Å²) in [7, 11) is 13.2. The zero-order chi connectivity index (χ0) is 23.0. The highest BCUT2D eigenvalue weighted by Gasteiger charge is 2.22. The lowest BCUT2D eigenvalue weighted by molar-refractivity contribution is 0.0473. The van der Waals surface area contributed by atoms with E-state index in [0.29, 0.717) is 22.7 Å². The summed E-state index contributed by atoms with van der Waals surface area (Å²) in [4.78, 5) is 15.6. The molecular formula is C19H19BFIN3O3P3. The van der Waals surface area contributed by atoms with Crippen molar-refractivity contribution in [2.75, 3.05) is 0 Å². The second kappa shape index (κ2) is 9.39. The van der Waals surface area contributed by atoms with E-state index >= 15 is 0 Å². The number of aryl methyl sites for hydroxylation is 1. The van der Waals surface area contributed by atoms with Crippen molar-refractivity contribution >= 4 is 64.5 Å². The van der Waals surface area contributed by atoms with E-state index < -0.39 is 16.4 Å². The molecule has 0 saturated carbocycles. The van der Waals surface area contributed by atoms with Gasteiger partial charge in [-0.15, -0.1) is 18.5 Å². The fraction of sp³-hybridized carbons (Fsp3) is 0.211. The van der Waals surface area contributed by atoms with Gasteiger partial charge >= 0.3 is 5.97 Å². The van der Waals surface area contributed by atoms with Crippen LogP contribution in [0.15, 0.2) is 42.7 Å². The number of ether oxygens (including phenoxy) is 1. The van der Waals surface area contributed by atoms with Crippen LogP contribution in [0.4, 0.5) is 4.39 Å². The van der Waals surface area contributed by atoms with Gasteiger partial charge in [0.2, 0.25) is 0 Å². The van der Waals surface area contributed by atoms with Crippen molar-refractivity contribution < 1.29 is 17.0 Å². The Hall–Kier alpha value is -1.14. The molecule has 0 fully saturated rings. The van der Waals surface area contributed by atoms with E-state index in [4.69, 9.17) is 15.6 Å². The van der Waals surface area contributed by atoms with Crippen molar-refractivity contribution in [2.24, 2.45) is 0 Å². The van der Waals surface area contributed by atoms with E-state index in [-0.39, 0.29) is 5.69 Å². The molecule has 0 saturated heterocycles. The highest BCUT2D eigenvalue weighted by molar-refractivity contribution is 14.1. The van der Waals surface area contributed by atoms with Gasteiger partial charge in [0, 0.05) is 18.7 Å². The van der Waals surface area contributed by atoms with Gasteiger partial charge in [-0.2, -0.15) is 9.49 Å². The molecule has 4 atom stereocenters. The summed E-state index contributed by atoms with van der Waals surface area (Å²) >= 11 is 1.51. The quantitative estimate of drug-likeness (QED) is 0.239. The molecule has 2 radical (unpaired) electrons. The van der Waals surface area contributed by atoms with Gasteiger partial charge < -0.3 is 7.80 Å². The molecule has 3 aromatic rings. The second-order valence-electron chi connectivity index (χ2n) is 7.18. The van der Waals surface area contributed by atoms with Crippen LogP contribution >= 0.6 is 50.7 Å². The van der Waals surface area contributed by atoms with Crippen LogP contribution in [0.1, 0.15) is 28.5 Å². The number of hydrogen-bond acceptors (Lipinski definition) is 5. The number of carbonyl (C=O) groups excluding carboxylic acids is 1. The summed E-state index contributed by atoms with van der Waals surface area (Å²) in [5, 5.41) is 4.41. The number of alkyl halides is 1. The molecule has 160 valence electrons. The molecule has 0 bridgehead atoms. The normalized spacial score (nSPS) is 13.5. The summed E-state index contributed by atoms with van der Waals surface area (Å²) < 4.78 is 25.8. The highest BCUT2D eigenvalue weighted by Crippen LogP contribution is 2.36. The Morgan fingerprint density at radius 3 is 2.52 bits per heavy atom. The Labute approximate surface area is 202 Å². The minimum absolute atomic E-state index is 0.107. The van der Waals surface area contributed by atoms with E-state index in [0.717, 1.165) is 11.1 Å². The molecule has 0 aliphatic rings. The number of benzene rings is 1. The van der Waals surface area contributed by atoms with Crippen LogP contribution in [-0.2, 0) is 7.86 Å². The van der Waals surface area contributed by atoms with Gasteiger partial charge in [-0.05, 0) is 53.2 Å². The average Bonchev–Trinajstić information content (AvgIpc) is 3.10. The lowest BCUT2D eigenvalue weighted by Gasteiger charge is -2.20. The van der Waals surface area contributed by atoms with E-state index in [1.165, 1.54) is 29.9 Å². The zero-order valence-electron chi connectivity index (χ0n) is 16.7. The number of rotatable bonds is 6. The van der Waals surface area contributed by atoms with E-state index in [1.54, 1.807) is 35.3 Å². The van der Waals surface area contributed by atoms with Crippen LogP contribution in [0.2, 0.25) is 0 Å². The van der Waals surface area contributed by atoms with Crippen molar-refractivity contribution in [3.05, 3.63) is 59.5 Å². The molecule has 0 N–H and O–H groups in total. The fourth-order valence-electron chi connectivity index (χ4n) is 2.89. The van der Waals surface area contributed by atoms with Crippen LogP contribution in [-0.4, -0.2) is 34.2 Å². The van der Waals surface area contributed by atoms with Crippen LogP contribution in [0.25, 0.3) is 16.9 Å². The number of pyridine rings is 1. The van der Waals surface area contributed by atoms with Gasteiger partial charge in [-0.25, -0.2) is 9.48 Å². The Balaban J connectivity index is 2.20. The third kappa shape index (κ3) is 6.22. The largest absolute Gasteiger partial charge is 0.455 e. The van der Waals surface area contributed by atoms with Gasteiger partial charge in [-0.1, -0.05) is 9.24 Å². The van der Waals surface area contributed by atoms with Crippen LogP contribution < -0.4 is 4.74 Å². The zero-order valence-corrected chi connectivity index (χ0v) is 22.3. The Morgan fingerprint density at radius 2 is 1.90 bits per heavy atom. The molecule has 4 unspecified atom stereocenters. The summed E-state index contributed by atoms with van der Waals surface area (Å²) in [6.07, 6.45) is 3.25. The monoisotopic (exact) mass is 587 g/mol. The Bertz CT molecular complexity index is 1130. The lowest BCUT2D eigenvalue weighted by atomic mass is 9.96. The smallest absolute Gasteiger partial charge is 0.368 e. The minimum Gasteiger partial charge on any atom is -0.455 e. The first kappa shape index (κ1) is 24.5. The van der Waals surface area contributed by atoms with Gasteiger partial charge in [0.05, 0.1) is 25.4 Å². The second-order valence-corrected chi connectivity index (χ2v) is 11.2. The molecule has 0 spiro atoms. The maximum absolute atomic E-state index is 14.0. The third-order valence-corrected chi connectivity index (χ3v) is 5.31. The molecule has 12 heteroatoms. The Kier molecular flexibility index (Phi) is 7.42. The standard InChI is InChI=1S/C19H19BFIN3O3P3/c1-10-3-11(5-14(4-10)27-18(2,21)29)16-7-15(17(26)28-22)24-25(16)13-6-12(8-23-9-13)19(20,30)31/h3-9H,29-31H2,1-2H3. The third-order valence-electron chi connectivity index (χ3n) is 4.12. The summed E-state index contributed by atoms with van der Waals surface area (Å²) in [5.74, 6) is -0.260. The van der Waals surface area contributed by atoms with Crippen molar-refractivity contribution in [3.63, 3.8) is 0 Å². The SMILES string of the molecule is [B]C(P)(P)c1cncc(-n2nc(C(=O)OI)cc2-c2cc(C)cc(OC(C)(F)P)c2)c1. The molecule has 2 aromatic heterocycles. The van der Waals surface area contributed by atoms with E-state index in [9.17, 15) is 9.18 Å². The average molecular weight is 587 g/mol. The highest BCUT2D eigenvalue weighted by atomic mass is 127. The topological polar surface area (TPSA) is 66.2 Å². The summed E-state index contributed by atoms with van der Waals surface area (Å²) in [6.45, 7) is 3.16.